The first kappa shape index (κ1) is 18.1. The number of hydrogen-bond donors (Lipinski definition) is 1. The molecule has 0 fully saturated rings. The fourth-order valence-corrected chi connectivity index (χ4v) is 3.03. The Bertz CT molecular complexity index is 939. The first-order chi connectivity index (χ1) is 12.0. The van der Waals surface area contributed by atoms with Crippen molar-refractivity contribution in [2.24, 2.45) is 0 Å². The SMILES string of the molecule is O=C(Nc1ccnn1Cc1cccc(Cl)c1Cl)c1cccc(Cl)c1Cl. The number of anilines is 1. The molecule has 0 saturated heterocycles. The van der Waals surface area contributed by atoms with Gasteiger partial charge in [-0.15, -0.1) is 0 Å². The van der Waals surface area contributed by atoms with Gasteiger partial charge in [-0.3, -0.25) is 4.79 Å². The molecule has 0 aliphatic heterocycles. The summed E-state index contributed by atoms with van der Waals surface area (Å²) in [5.74, 6) is 0.114. The lowest BCUT2D eigenvalue weighted by molar-refractivity contribution is 0.102. The molecule has 3 aromatic rings. The molecule has 2 aromatic carbocycles. The number of aromatic nitrogens is 2. The van der Waals surface area contributed by atoms with Gasteiger partial charge >= 0.3 is 0 Å². The second-order valence-corrected chi connectivity index (χ2v) is 6.71. The molecule has 4 nitrogen and oxygen atoms in total. The predicted octanol–water partition coefficient (Wildman–Crippen LogP) is 5.80. The molecule has 25 heavy (non-hydrogen) atoms. The summed E-state index contributed by atoms with van der Waals surface area (Å²) in [6, 6.07) is 11.9. The van der Waals surface area contributed by atoms with Crippen molar-refractivity contribution in [2.45, 2.75) is 6.54 Å². The highest BCUT2D eigenvalue weighted by Crippen LogP contribution is 2.28. The van der Waals surface area contributed by atoms with E-state index in [4.69, 9.17) is 46.4 Å². The van der Waals surface area contributed by atoms with E-state index in [1.807, 2.05) is 6.07 Å². The summed E-state index contributed by atoms with van der Waals surface area (Å²) in [7, 11) is 0. The standard InChI is InChI=1S/C17H11Cl4N3O/c18-12-5-1-3-10(15(12)20)9-24-14(7-8-22-24)23-17(25)11-4-2-6-13(19)16(11)21/h1-8H,9H2,(H,23,25). The third-order valence-corrected chi connectivity index (χ3v) is 5.18. The fourth-order valence-electron chi connectivity index (χ4n) is 2.26. The van der Waals surface area contributed by atoms with E-state index in [0.717, 1.165) is 5.56 Å². The van der Waals surface area contributed by atoms with Gasteiger partial charge in [0, 0.05) is 6.07 Å². The van der Waals surface area contributed by atoms with Crippen LogP contribution in [0.15, 0.2) is 48.7 Å². The lowest BCUT2D eigenvalue weighted by Crippen LogP contribution is -2.16. The minimum Gasteiger partial charge on any atom is -0.307 e. The van der Waals surface area contributed by atoms with Crippen molar-refractivity contribution in [1.29, 1.82) is 0 Å². The zero-order valence-corrected chi connectivity index (χ0v) is 15.7. The number of amides is 1. The van der Waals surface area contributed by atoms with Gasteiger partial charge < -0.3 is 5.32 Å². The quantitative estimate of drug-likeness (QED) is 0.586. The number of nitrogens with one attached hydrogen (secondary N) is 1. The van der Waals surface area contributed by atoms with Gasteiger partial charge in [0.05, 0.1) is 38.4 Å². The average molecular weight is 415 g/mol. The normalized spacial score (nSPS) is 10.7. The summed E-state index contributed by atoms with van der Waals surface area (Å²) >= 11 is 24.3. The van der Waals surface area contributed by atoms with Gasteiger partial charge in [-0.2, -0.15) is 5.10 Å². The number of benzene rings is 2. The van der Waals surface area contributed by atoms with Gasteiger partial charge in [-0.05, 0) is 23.8 Å². The molecule has 0 aliphatic carbocycles. The molecule has 0 unspecified atom stereocenters. The third-order valence-electron chi connectivity index (χ3n) is 3.51. The van der Waals surface area contributed by atoms with E-state index in [1.165, 1.54) is 0 Å². The van der Waals surface area contributed by atoms with Crippen molar-refractivity contribution in [3.8, 4) is 0 Å². The molecule has 0 atom stereocenters. The van der Waals surface area contributed by atoms with Crippen LogP contribution in [0.3, 0.4) is 0 Å². The van der Waals surface area contributed by atoms with Crippen LogP contribution in [0.4, 0.5) is 5.82 Å². The van der Waals surface area contributed by atoms with Crippen LogP contribution in [0.25, 0.3) is 0 Å². The molecule has 128 valence electrons. The summed E-state index contributed by atoms with van der Waals surface area (Å²) < 4.78 is 1.61. The van der Waals surface area contributed by atoms with E-state index in [-0.39, 0.29) is 16.5 Å². The molecule has 3 rings (SSSR count). The Balaban J connectivity index is 1.83. The van der Waals surface area contributed by atoms with Gasteiger partial charge in [0.2, 0.25) is 0 Å². The predicted molar refractivity (Wildman–Crippen MR) is 102 cm³/mol. The van der Waals surface area contributed by atoms with Crippen LogP contribution in [-0.4, -0.2) is 15.7 Å². The van der Waals surface area contributed by atoms with Crippen LogP contribution in [-0.2, 0) is 6.54 Å². The van der Waals surface area contributed by atoms with Crippen LogP contribution in [0, 0.1) is 0 Å². The Hall–Kier alpha value is -1.72. The largest absolute Gasteiger partial charge is 0.307 e. The maximum absolute atomic E-state index is 12.5. The minimum absolute atomic E-state index is 0.200. The third kappa shape index (κ3) is 3.93. The summed E-state index contributed by atoms with van der Waals surface area (Å²) in [6.45, 7) is 0.352. The Morgan fingerprint density at radius 2 is 1.64 bits per heavy atom. The molecule has 0 bridgehead atoms. The zero-order valence-electron chi connectivity index (χ0n) is 12.6. The summed E-state index contributed by atoms with van der Waals surface area (Å²) in [6.07, 6.45) is 1.58. The second kappa shape index (κ2) is 7.67. The molecule has 8 heteroatoms. The van der Waals surface area contributed by atoms with Gasteiger partial charge in [0.15, 0.2) is 0 Å². The lowest BCUT2D eigenvalue weighted by atomic mass is 10.2. The number of halogens is 4. The van der Waals surface area contributed by atoms with Gasteiger partial charge in [0.25, 0.3) is 5.91 Å². The average Bonchev–Trinajstić information content (AvgIpc) is 3.01. The van der Waals surface area contributed by atoms with Crippen molar-refractivity contribution >= 4 is 58.1 Å². The van der Waals surface area contributed by atoms with E-state index in [1.54, 1.807) is 47.3 Å². The number of nitrogens with zero attached hydrogens (tertiary/aromatic N) is 2. The summed E-state index contributed by atoms with van der Waals surface area (Å²) in [5.41, 5.74) is 1.07. The molecule has 0 saturated carbocycles. The van der Waals surface area contributed by atoms with Gasteiger partial charge in [-0.1, -0.05) is 64.6 Å². The molecule has 1 N–H and O–H groups in total. The van der Waals surface area contributed by atoms with Crippen LogP contribution in [0.5, 0.6) is 0 Å². The first-order valence-electron chi connectivity index (χ1n) is 7.17. The molecule has 1 heterocycles. The van der Waals surface area contributed by atoms with E-state index in [9.17, 15) is 4.79 Å². The summed E-state index contributed by atoms with van der Waals surface area (Å²) in [5, 5.41) is 8.41. The summed E-state index contributed by atoms with van der Waals surface area (Å²) in [4.78, 5) is 12.5. The Kier molecular flexibility index (Phi) is 5.54. The van der Waals surface area contributed by atoms with Crippen LogP contribution in [0.2, 0.25) is 20.1 Å². The van der Waals surface area contributed by atoms with E-state index in [2.05, 4.69) is 10.4 Å². The number of rotatable bonds is 4. The van der Waals surface area contributed by atoms with Crippen LogP contribution < -0.4 is 5.32 Å². The van der Waals surface area contributed by atoms with Crippen molar-refractivity contribution < 1.29 is 4.79 Å². The molecule has 0 spiro atoms. The van der Waals surface area contributed by atoms with Crippen LogP contribution >= 0.6 is 46.4 Å². The fraction of sp³-hybridized carbons (Fsp3) is 0.0588. The molecular formula is C17H11Cl4N3O. The number of hydrogen-bond acceptors (Lipinski definition) is 2. The lowest BCUT2D eigenvalue weighted by Gasteiger charge is -2.11. The maximum atomic E-state index is 12.5. The molecular weight excluding hydrogens is 404 g/mol. The highest BCUT2D eigenvalue weighted by atomic mass is 35.5. The highest BCUT2D eigenvalue weighted by Gasteiger charge is 2.15. The van der Waals surface area contributed by atoms with Crippen molar-refractivity contribution in [3.63, 3.8) is 0 Å². The second-order valence-electron chi connectivity index (χ2n) is 5.14. The minimum atomic E-state index is -0.383. The van der Waals surface area contributed by atoms with Crippen molar-refractivity contribution in [2.75, 3.05) is 5.32 Å². The Labute approximate surface area is 164 Å². The van der Waals surface area contributed by atoms with Crippen molar-refractivity contribution in [3.05, 3.63) is 79.9 Å². The maximum Gasteiger partial charge on any atom is 0.258 e. The van der Waals surface area contributed by atoms with E-state index < -0.39 is 0 Å². The Morgan fingerprint density at radius 1 is 0.960 bits per heavy atom. The van der Waals surface area contributed by atoms with E-state index in [0.29, 0.717) is 27.4 Å². The monoisotopic (exact) mass is 413 g/mol. The Morgan fingerprint density at radius 3 is 2.40 bits per heavy atom. The zero-order chi connectivity index (χ0) is 18.0. The van der Waals surface area contributed by atoms with E-state index >= 15 is 0 Å². The number of carbonyl (C=O) groups excluding carboxylic acids is 1. The molecule has 1 aromatic heterocycles. The highest BCUT2D eigenvalue weighted by molar-refractivity contribution is 6.44. The number of carbonyl (C=O) groups is 1. The van der Waals surface area contributed by atoms with Gasteiger partial charge in [-0.25, -0.2) is 4.68 Å². The topological polar surface area (TPSA) is 46.9 Å². The van der Waals surface area contributed by atoms with Crippen molar-refractivity contribution in [1.82, 2.24) is 9.78 Å². The first-order valence-corrected chi connectivity index (χ1v) is 8.68. The molecule has 1 amide bonds. The smallest absolute Gasteiger partial charge is 0.258 e. The van der Waals surface area contributed by atoms with Gasteiger partial charge in [0.1, 0.15) is 5.82 Å². The molecule has 0 radical (unpaired) electrons. The van der Waals surface area contributed by atoms with Crippen LogP contribution in [0.1, 0.15) is 15.9 Å². The molecule has 0 aliphatic rings.